The van der Waals surface area contributed by atoms with Gasteiger partial charge in [0.05, 0.1) is 17.7 Å². The number of nitrogens with one attached hydrogen (secondary N) is 1. The minimum absolute atomic E-state index is 0.111. The van der Waals surface area contributed by atoms with Gasteiger partial charge in [-0.25, -0.2) is 4.98 Å². The molecule has 1 aliphatic rings. The summed E-state index contributed by atoms with van der Waals surface area (Å²) in [6.45, 7) is 1.85. The van der Waals surface area contributed by atoms with E-state index in [9.17, 15) is 14.7 Å². The molecule has 1 aromatic heterocycles. The number of carboxylic acids is 1. The van der Waals surface area contributed by atoms with E-state index in [0.717, 1.165) is 18.4 Å². The van der Waals surface area contributed by atoms with Crippen molar-refractivity contribution >= 4 is 11.9 Å². The van der Waals surface area contributed by atoms with E-state index in [1.165, 1.54) is 0 Å². The van der Waals surface area contributed by atoms with Gasteiger partial charge in [0.25, 0.3) is 0 Å². The maximum Gasteiger partial charge on any atom is 0.308 e. The van der Waals surface area contributed by atoms with Gasteiger partial charge in [0.15, 0.2) is 11.7 Å². The highest BCUT2D eigenvalue weighted by Crippen LogP contribution is 2.34. The van der Waals surface area contributed by atoms with E-state index in [4.69, 9.17) is 4.42 Å². The second kappa shape index (κ2) is 8.37. The number of rotatable bonds is 7. The number of hydrogen-bond donors (Lipinski definition) is 2. The Kier molecular flexibility index (Phi) is 5.94. The summed E-state index contributed by atoms with van der Waals surface area (Å²) in [5.74, 6) is -0.135. The first kappa shape index (κ1) is 19.1. The smallest absolute Gasteiger partial charge is 0.308 e. The number of aliphatic carboxylic acids is 1. The molecule has 1 aliphatic carbocycles. The molecule has 3 rings (SSSR count). The van der Waals surface area contributed by atoms with Gasteiger partial charge in [0.1, 0.15) is 0 Å². The summed E-state index contributed by atoms with van der Waals surface area (Å²) in [7, 11) is 0. The summed E-state index contributed by atoms with van der Waals surface area (Å²) in [6, 6.07) is 9.75. The molecule has 0 saturated heterocycles. The van der Waals surface area contributed by atoms with Crippen LogP contribution in [0.1, 0.15) is 51.3 Å². The first-order valence-electron chi connectivity index (χ1n) is 9.52. The Bertz CT molecular complexity index is 786. The third-order valence-corrected chi connectivity index (χ3v) is 5.34. The van der Waals surface area contributed by atoms with E-state index in [2.05, 4.69) is 10.3 Å². The van der Waals surface area contributed by atoms with Gasteiger partial charge in [-0.15, -0.1) is 0 Å². The maximum atomic E-state index is 12.3. The van der Waals surface area contributed by atoms with Crippen LogP contribution in [0.4, 0.5) is 0 Å². The molecule has 144 valence electrons. The number of amides is 1. The fourth-order valence-corrected chi connectivity index (χ4v) is 3.82. The number of aryl methyl sites for hydroxylation is 1. The van der Waals surface area contributed by atoms with Crippen LogP contribution in [0.3, 0.4) is 0 Å². The van der Waals surface area contributed by atoms with Gasteiger partial charge in [-0.1, -0.05) is 43.2 Å². The van der Waals surface area contributed by atoms with E-state index in [1.807, 2.05) is 37.3 Å². The number of carbonyl (C=O) groups excluding carboxylic acids is 1. The van der Waals surface area contributed by atoms with E-state index in [-0.39, 0.29) is 5.91 Å². The zero-order chi connectivity index (χ0) is 19.3. The van der Waals surface area contributed by atoms with Gasteiger partial charge < -0.3 is 14.8 Å². The second-order valence-electron chi connectivity index (χ2n) is 7.44. The van der Waals surface area contributed by atoms with Gasteiger partial charge >= 0.3 is 5.97 Å². The Balaban J connectivity index is 1.50. The molecule has 1 aromatic carbocycles. The number of oxazole rings is 1. The fraction of sp³-hybridized carbons (Fsp3) is 0.476. The molecular weight excluding hydrogens is 344 g/mol. The molecule has 1 fully saturated rings. The summed E-state index contributed by atoms with van der Waals surface area (Å²) in [5, 5.41) is 12.4. The molecule has 1 amide bonds. The van der Waals surface area contributed by atoms with Crippen LogP contribution < -0.4 is 5.32 Å². The van der Waals surface area contributed by atoms with E-state index >= 15 is 0 Å². The molecule has 6 nitrogen and oxygen atoms in total. The average Bonchev–Trinajstić information content (AvgIpc) is 3.11. The van der Waals surface area contributed by atoms with Crippen molar-refractivity contribution in [1.29, 1.82) is 0 Å². The van der Waals surface area contributed by atoms with Gasteiger partial charge in [-0.3, -0.25) is 9.59 Å². The van der Waals surface area contributed by atoms with Crippen molar-refractivity contribution in [2.24, 2.45) is 5.92 Å². The largest absolute Gasteiger partial charge is 0.481 e. The lowest BCUT2D eigenvalue weighted by Gasteiger charge is -2.39. The molecule has 6 heteroatoms. The minimum Gasteiger partial charge on any atom is -0.481 e. The number of hydrogen-bond acceptors (Lipinski definition) is 4. The molecule has 0 spiro atoms. The molecular formula is C21H26N2O4. The van der Waals surface area contributed by atoms with Crippen LogP contribution in [0.25, 0.3) is 11.3 Å². The molecule has 2 N–H and O–H groups in total. The van der Waals surface area contributed by atoms with E-state index in [1.54, 1.807) is 6.20 Å². The fourth-order valence-electron chi connectivity index (χ4n) is 3.82. The van der Waals surface area contributed by atoms with Crippen LogP contribution in [-0.2, 0) is 16.0 Å². The normalized spacial score (nSPS) is 22.3. The van der Waals surface area contributed by atoms with Gasteiger partial charge in [0.2, 0.25) is 5.91 Å². The topological polar surface area (TPSA) is 92.4 Å². The monoisotopic (exact) mass is 370 g/mol. The first-order chi connectivity index (χ1) is 13.0. The number of aromatic nitrogens is 1. The van der Waals surface area contributed by atoms with Crippen molar-refractivity contribution in [1.82, 2.24) is 10.3 Å². The Morgan fingerprint density at radius 3 is 2.81 bits per heavy atom. The average molecular weight is 370 g/mol. The standard InChI is InChI=1S/C21H26N2O4/c1-21(13-6-5-10-16(21)20(25)26)23-18(24)11-7-12-19-22-14-17(27-19)15-8-3-2-4-9-15/h2-4,8-9,14,16H,5-7,10-13H2,1H3,(H,23,24)(H,25,26). The second-order valence-corrected chi connectivity index (χ2v) is 7.44. The molecule has 2 unspecified atom stereocenters. The van der Waals surface area contributed by atoms with Crippen LogP contribution in [-0.4, -0.2) is 27.5 Å². The van der Waals surface area contributed by atoms with Crippen molar-refractivity contribution in [2.45, 2.75) is 57.4 Å². The molecule has 27 heavy (non-hydrogen) atoms. The van der Waals surface area contributed by atoms with Crippen molar-refractivity contribution < 1.29 is 19.1 Å². The summed E-state index contributed by atoms with van der Waals surface area (Å²) in [6.07, 6.45) is 6.36. The van der Waals surface area contributed by atoms with E-state index in [0.29, 0.717) is 43.8 Å². The molecule has 2 aromatic rings. The first-order valence-corrected chi connectivity index (χ1v) is 9.52. The van der Waals surface area contributed by atoms with Crippen molar-refractivity contribution in [3.8, 4) is 11.3 Å². The number of carbonyl (C=O) groups is 2. The predicted octanol–water partition coefficient (Wildman–Crippen LogP) is 3.81. The molecule has 1 heterocycles. The Morgan fingerprint density at radius 1 is 1.30 bits per heavy atom. The van der Waals surface area contributed by atoms with Crippen LogP contribution in [0.15, 0.2) is 40.9 Å². The third kappa shape index (κ3) is 4.76. The van der Waals surface area contributed by atoms with Crippen molar-refractivity contribution in [2.75, 3.05) is 0 Å². The molecule has 0 radical (unpaired) electrons. The van der Waals surface area contributed by atoms with E-state index < -0.39 is 17.4 Å². The number of carboxylic acid groups (broad SMARTS) is 1. The Morgan fingerprint density at radius 2 is 2.07 bits per heavy atom. The lowest BCUT2D eigenvalue weighted by atomic mass is 9.74. The summed E-state index contributed by atoms with van der Waals surface area (Å²) in [4.78, 5) is 28.1. The Hall–Kier alpha value is -2.63. The highest BCUT2D eigenvalue weighted by Gasteiger charge is 2.41. The number of nitrogens with zero attached hydrogens (tertiary/aromatic N) is 1. The summed E-state index contributed by atoms with van der Waals surface area (Å²) >= 11 is 0. The minimum atomic E-state index is -0.828. The zero-order valence-electron chi connectivity index (χ0n) is 15.6. The molecule has 0 aliphatic heterocycles. The molecule has 0 bridgehead atoms. The Labute approximate surface area is 159 Å². The van der Waals surface area contributed by atoms with Gasteiger partial charge in [0, 0.05) is 18.4 Å². The van der Waals surface area contributed by atoms with Gasteiger partial charge in [-0.05, 0) is 26.2 Å². The summed E-state index contributed by atoms with van der Waals surface area (Å²) in [5.41, 5.74) is 0.309. The van der Waals surface area contributed by atoms with Crippen molar-refractivity contribution in [3.05, 3.63) is 42.4 Å². The third-order valence-electron chi connectivity index (χ3n) is 5.34. The lowest BCUT2D eigenvalue weighted by Crippen LogP contribution is -2.55. The lowest BCUT2D eigenvalue weighted by molar-refractivity contribution is -0.146. The molecule has 2 atom stereocenters. The quantitative estimate of drug-likeness (QED) is 0.773. The summed E-state index contributed by atoms with van der Waals surface area (Å²) < 4.78 is 5.75. The molecule has 1 saturated carbocycles. The maximum absolute atomic E-state index is 12.3. The van der Waals surface area contributed by atoms with Crippen LogP contribution in [0, 0.1) is 5.92 Å². The van der Waals surface area contributed by atoms with Gasteiger partial charge in [-0.2, -0.15) is 0 Å². The highest BCUT2D eigenvalue weighted by atomic mass is 16.4. The van der Waals surface area contributed by atoms with Crippen LogP contribution >= 0.6 is 0 Å². The number of benzene rings is 1. The van der Waals surface area contributed by atoms with Crippen LogP contribution in [0.2, 0.25) is 0 Å². The van der Waals surface area contributed by atoms with Crippen molar-refractivity contribution in [3.63, 3.8) is 0 Å². The SMILES string of the molecule is CC1(NC(=O)CCCc2ncc(-c3ccccc3)o2)CCCCC1C(=O)O. The zero-order valence-corrected chi connectivity index (χ0v) is 15.6. The predicted molar refractivity (Wildman–Crippen MR) is 101 cm³/mol. The van der Waals surface area contributed by atoms with Crippen LogP contribution in [0.5, 0.6) is 0 Å². The highest BCUT2D eigenvalue weighted by molar-refractivity contribution is 5.79.